The molecule has 0 bridgehead atoms. The molecule has 18 heavy (non-hydrogen) atoms. The van der Waals surface area contributed by atoms with Crippen molar-refractivity contribution < 1.29 is 9.90 Å². The van der Waals surface area contributed by atoms with Crippen molar-refractivity contribution in [3.63, 3.8) is 0 Å². The van der Waals surface area contributed by atoms with Crippen LogP contribution in [0.4, 0.5) is 0 Å². The molecule has 0 saturated carbocycles. The molecule has 0 spiro atoms. The molecule has 7 heteroatoms. The molecule has 7 nitrogen and oxygen atoms in total. The molecule has 1 saturated heterocycles. The average Bonchev–Trinajstić information content (AvgIpc) is 2.86. The number of amides is 1. The van der Waals surface area contributed by atoms with Crippen LogP contribution in [0.2, 0.25) is 0 Å². The number of nitrogens with one attached hydrogen (secondary N) is 1. The highest BCUT2D eigenvalue weighted by Gasteiger charge is 2.34. The van der Waals surface area contributed by atoms with Crippen molar-refractivity contribution in [3.8, 4) is 0 Å². The number of nitrogens with two attached hydrogens (primary N) is 2. The Kier molecular flexibility index (Phi) is 3.65. The molecule has 1 aliphatic rings. The van der Waals surface area contributed by atoms with Gasteiger partial charge in [0.25, 0.3) is 5.91 Å². The quantitative estimate of drug-likeness (QED) is 0.539. The van der Waals surface area contributed by atoms with E-state index in [0.29, 0.717) is 30.9 Å². The second kappa shape index (κ2) is 5.05. The minimum absolute atomic E-state index is 0.158. The van der Waals surface area contributed by atoms with Crippen LogP contribution in [0.15, 0.2) is 6.07 Å². The summed E-state index contributed by atoms with van der Waals surface area (Å²) in [7, 11) is 0. The first-order chi connectivity index (χ1) is 8.58. The van der Waals surface area contributed by atoms with E-state index in [-0.39, 0.29) is 19.0 Å². The summed E-state index contributed by atoms with van der Waals surface area (Å²) in [6, 6.07) is 1.64. The van der Waals surface area contributed by atoms with E-state index >= 15 is 0 Å². The molecule has 1 aromatic heterocycles. The van der Waals surface area contributed by atoms with Gasteiger partial charge in [-0.05, 0) is 18.9 Å². The van der Waals surface area contributed by atoms with E-state index in [1.54, 1.807) is 11.0 Å². The Labute approximate surface area is 105 Å². The summed E-state index contributed by atoms with van der Waals surface area (Å²) >= 11 is 0. The third-order valence-electron chi connectivity index (χ3n) is 3.29. The van der Waals surface area contributed by atoms with Crippen molar-refractivity contribution in [1.29, 1.82) is 0 Å². The Morgan fingerprint density at radius 2 is 2.39 bits per heavy atom. The van der Waals surface area contributed by atoms with Gasteiger partial charge in [0.05, 0.1) is 12.1 Å². The van der Waals surface area contributed by atoms with Crippen LogP contribution < -0.4 is 11.5 Å². The van der Waals surface area contributed by atoms with Crippen molar-refractivity contribution in [2.24, 2.45) is 11.5 Å². The molecule has 1 aromatic rings. The van der Waals surface area contributed by atoms with Crippen LogP contribution in [-0.4, -0.2) is 51.3 Å². The van der Waals surface area contributed by atoms with Crippen LogP contribution in [0, 0.1) is 0 Å². The first kappa shape index (κ1) is 13.0. The lowest BCUT2D eigenvalue weighted by Gasteiger charge is -2.38. The highest BCUT2D eigenvalue weighted by molar-refractivity contribution is 5.92. The fourth-order valence-corrected chi connectivity index (χ4v) is 2.19. The van der Waals surface area contributed by atoms with E-state index in [9.17, 15) is 9.90 Å². The number of hydrogen-bond donors (Lipinski definition) is 4. The number of piperidine rings is 1. The second-order valence-electron chi connectivity index (χ2n) is 4.74. The zero-order valence-corrected chi connectivity index (χ0v) is 10.2. The highest BCUT2D eigenvalue weighted by atomic mass is 16.3. The Bertz CT molecular complexity index is 433. The maximum Gasteiger partial charge on any atom is 0.274 e. The molecule has 1 aliphatic heterocycles. The summed E-state index contributed by atoms with van der Waals surface area (Å²) < 4.78 is 0. The molecule has 0 aromatic carbocycles. The SMILES string of the molecule is NCc1cc(C(=O)N2CCCC(O)(CN)C2)n[nH]1. The number of H-pyrrole nitrogens is 1. The maximum absolute atomic E-state index is 12.2. The first-order valence-corrected chi connectivity index (χ1v) is 6.04. The molecule has 1 amide bonds. The number of aromatic amines is 1. The molecule has 1 fully saturated rings. The largest absolute Gasteiger partial charge is 0.387 e. The Hall–Kier alpha value is -1.44. The molecule has 0 aliphatic carbocycles. The van der Waals surface area contributed by atoms with Crippen LogP contribution in [0.3, 0.4) is 0 Å². The zero-order valence-electron chi connectivity index (χ0n) is 10.2. The van der Waals surface area contributed by atoms with E-state index in [1.165, 1.54) is 0 Å². The number of hydrogen-bond acceptors (Lipinski definition) is 5. The monoisotopic (exact) mass is 253 g/mol. The number of aliphatic hydroxyl groups is 1. The standard InChI is InChI=1S/C11H19N5O2/c12-5-8-4-9(15-14-8)10(17)16-3-1-2-11(18,6-13)7-16/h4,18H,1-3,5-7,12-13H2,(H,14,15). The normalized spacial score (nSPS) is 24.3. The number of carbonyl (C=O) groups excluding carboxylic acids is 1. The summed E-state index contributed by atoms with van der Waals surface area (Å²) in [5.41, 5.74) is 11.1. The van der Waals surface area contributed by atoms with Crippen molar-refractivity contribution in [3.05, 3.63) is 17.5 Å². The van der Waals surface area contributed by atoms with Crippen LogP contribution >= 0.6 is 0 Å². The Morgan fingerprint density at radius 1 is 1.61 bits per heavy atom. The lowest BCUT2D eigenvalue weighted by atomic mass is 9.93. The van der Waals surface area contributed by atoms with Crippen molar-refractivity contribution in [2.75, 3.05) is 19.6 Å². The smallest absolute Gasteiger partial charge is 0.274 e. The zero-order chi connectivity index (χ0) is 13.2. The third-order valence-corrected chi connectivity index (χ3v) is 3.29. The summed E-state index contributed by atoms with van der Waals surface area (Å²) in [6.07, 6.45) is 1.37. The fourth-order valence-electron chi connectivity index (χ4n) is 2.19. The van der Waals surface area contributed by atoms with Gasteiger partial charge in [-0.25, -0.2) is 0 Å². The Balaban J connectivity index is 2.09. The van der Waals surface area contributed by atoms with Crippen LogP contribution in [-0.2, 0) is 6.54 Å². The van der Waals surface area contributed by atoms with Gasteiger partial charge in [0.1, 0.15) is 5.69 Å². The Morgan fingerprint density at radius 3 is 3.00 bits per heavy atom. The number of likely N-dealkylation sites (tertiary alicyclic amines) is 1. The van der Waals surface area contributed by atoms with Crippen LogP contribution in [0.5, 0.6) is 0 Å². The van der Waals surface area contributed by atoms with Crippen molar-refractivity contribution in [1.82, 2.24) is 15.1 Å². The molecule has 2 heterocycles. The number of β-amino-alcohol motifs (C(OH)–C–C–N with tert-alkyl or cyclic N) is 1. The van der Waals surface area contributed by atoms with Gasteiger partial charge in [-0.1, -0.05) is 0 Å². The molecular weight excluding hydrogens is 234 g/mol. The van der Waals surface area contributed by atoms with Gasteiger partial charge < -0.3 is 21.5 Å². The van der Waals surface area contributed by atoms with Gasteiger partial charge in [-0.15, -0.1) is 0 Å². The lowest BCUT2D eigenvalue weighted by molar-refractivity contribution is -0.0178. The van der Waals surface area contributed by atoms with Gasteiger partial charge >= 0.3 is 0 Å². The van der Waals surface area contributed by atoms with Crippen LogP contribution in [0.25, 0.3) is 0 Å². The van der Waals surface area contributed by atoms with E-state index in [2.05, 4.69) is 10.2 Å². The number of rotatable bonds is 3. The van der Waals surface area contributed by atoms with Crippen molar-refractivity contribution in [2.45, 2.75) is 25.0 Å². The van der Waals surface area contributed by atoms with E-state index in [4.69, 9.17) is 11.5 Å². The van der Waals surface area contributed by atoms with Gasteiger partial charge in [0.2, 0.25) is 0 Å². The van der Waals surface area contributed by atoms with Crippen molar-refractivity contribution >= 4 is 5.91 Å². The molecule has 100 valence electrons. The topological polar surface area (TPSA) is 121 Å². The van der Waals surface area contributed by atoms with E-state index in [1.807, 2.05) is 0 Å². The van der Waals surface area contributed by atoms with Gasteiger partial charge in [-0.3, -0.25) is 9.89 Å². The molecule has 1 atom stereocenters. The maximum atomic E-state index is 12.2. The predicted molar refractivity (Wildman–Crippen MR) is 65.6 cm³/mol. The molecule has 1 unspecified atom stereocenters. The summed E-state index contributed by atoms with van der Waals surface area (Å²) in [5, 5.41) is 16.8. The highest BCUT2D eigenvalue weighted by Crippen LogP contribution is 2.21. The summed E-state index contributed by atoms with van der Waals surface area (Å²) in [5.74, 6) is -0.197. The minimum Gasteiger partial charge on any atom is -0.387 e. The van der Waals surface area contributed by atoms with Gasteiger partial charge in [0, 0.05) is 25.3 Å². The molecule has 0 radical (unpaired) electrons. The summed E-state index contributed by atoms with van der Waals surface area (Å²) in [6.45, 7) is 1.34. The third kappa shape index (κ3) is 2.53. The molecule has 6 N–H and O–H groups in total. The average molecular weight is 253 g/mol. The van der Waals surface area contributed by atoms with Crippen LogP contribution in [0.1, 0.15) is 29.0 Å². The predicted octanol–water partition coefficient (Wildman–Crippen LogP) is -1.21. The number of aromatic nitrogens is 2. The van der Waals surface area contributed by atoms with Gasteiger partial charge in [0.15, 0.2) is 0 Å². The van der Waals surface area contributed by atoms with Gasteiger partial charge in [-0.2, -0.15) is 5.10 Å². The number of nitrogens with zero attached hydrogens (tertiary/aromatic N) is 2. The molecule has 2 rings (SSSR count). The minimum atomic E-state index is -0.971. The van der Waals surface area contributed by atoms with E-state index < -0.39 is 5.60 Å². The number of carbonyl (C=O) groups is 1. The second-order valence-corrected chi connectivity index (χ2v) is 4.74. The summed E-state index contributed by atoms with van der Waals surface area (Å²) in [4.78, 5) is 13.8. The first-order valence-electron chi connectivity index (χ1n) is 6.04. The van der Waals surface area contributed by atoms with E-state index in [0.717, 1.165) is 6.42 Å². The molecular formula is C11H19N5O2. The lowest BCUT2D eigenvalue weighted by Crippen LogP contribution is -2.54. The fraction of sp³-hybridized carbons (Fsp3) is 0.636.